The van der Waals surface area contributed by atoms with Crippen molar-refractivity contribution in [2.45, 2.75) is 0 Å². The second kappa shape index (κ2) is 2.13. The molecule has 4 nitrogen and oxygen atoms in total. The number of hydrogen-bond acceptors (Lipinski definition) is 3. The largest absolute Gasteiger partial charge is 0.386 e. The highest BCUT2D eigenvalue weighted by Crippen LogP contribution is 2.33. The number of hydrogen-bond donors (Lipinski definition) is 2. The Kier molecular flexibility index (Phi) is 1.25. The maximum absolute atomic E-state index is 10.9. The van der Waals surface area contributed by atoms with E-state index in [-0.39, 0.29) is 11.0 Å². The molecule has 2 aliphatic rings. The van der Waals surface area contributed by atoms with E-state index in [4.69, 9.17) is 0 Å². The summed E-state index contributed by atoms with van der Waals surface area (Å²) in [6.07, 6.45) is 2.70. The molecule has 2 rings (SSSR count). The van der Waals surface area contributed by atoms with E-state index in [1.165, 1.54) is 12.3 Å². The van der Waals surface area contributed by atoms with Crippen molar-refractivity contribution >= 4 is 22.8 Å². The number of rotatable bonds is 0. The van der Waals surface area contributed by atoms with Crippen molar-refractivity contribution < 1.29 is 14.4 Å². The van der Waals surface area contributed by atoms with Gasteiger partial charge >= 0.3 is 0 Å². The Morgan fingerprint density at radius 1 is 1.45 bits per heavy atom. The molecule has 57 valence electrons. The minimum atomic E-state index is -0.346. The van der Waals surface area contributed by atoms with E-state index in [0.717, 1.165) is 0 Å². The van der Waals surface area contributed by atoms with Crippen LogP contribution in [0, 0.1) is 0 Å². The van der Waals surface area contributed by atoms with Crippen molar-refractivity contribution in [2.75, 3.05) is 0 Å². The second-order valence-electron chi connectivity index (χ2n) is 2.06. The molecule has 1 N–H and O–H groups in total. The fourth-order valence-corrected chi connectivity index (χ4v) is 1.70. The average Bonchev–Trinajstić information content (AvgIpc) is 2.31. The van der Waals surface area contributed by atoms with Gasteiger partial charge in [-0.2, -0.15) is 5.48 Å². The average molecular weight is 170 g/mol. The highest BCUT2D eigenvalue weighted by molar-refractivity contribution is 8.18. The van der Waals surface area contributed by atoms with Crippen molar-refractivity contribution in [1.82, 2.24) is 5.48 Å². The number of carbonyl (C=O) groups is 2. The Morgan fingerprint density at radius 3 is 3.00 bits per heavy atom. The van der Waals surface area contributed by atoms with Crippen LogP contribution < -0.4 is 5.48 Å². The van der Waals surface area contributed by atoms with Gasteiger partial charge in [0.1, 0.15) is 6.26 Å². The van der Waals surface area contributed by atoms with Gasteiger partial charge in [-0.05, 0) is 0 Å². The zero-order valence-electron chi connectivity index (χ0n) is 5.33. The first-order chi connectivity index (χ1) is 5.27. The summed E-state index contributed by atoms with van der Waals surface area (Å²) in [5.74, 6) is -0.346. The molecule has 0 spiro atoms. The van der Waals surface area contributed by atoms with Gasteiger partial charge in [0, 0.05) is 6.08 Å². The molecule has 2 aliphatic heterocycles. The Balaban J connectivity index is 2.46. The summed E-state index contributed by atoms with van der Waals surface area (Å²) in [6, 6.07) is 0. The van der Waals surface area contributed by atoms with Crippen molar-refractivity contribution in [3.8, 4) is 0 Å². The molecule has 1 amide bonds. The van der Waals surface area contributed by atoms with Gasteiger partial charge < -0.3 is 4.84 Å². The molecule has 5 heteroatoms. The van der Waals surface area contributed by atoms with Crippen molar-refractivity contribution in [3.05, 3.63) is 22.8 Å². The maximum Gasteiger partial charge on any atom is 0.285 e. The molecule has 1 radical (unpaired) electrons. The SMILES string of the molecule is O=C1C=C2C(=O)NOC=C2[SH]1. The van der Waals surface area contributed by atoms with Crippen LogP contribution in [0.25, 0.3) is 0 Å². The van der Waals surface area contributed by atoms with Crippen molar-refractivity contribution in [2.24, 2.45) is 0 Å². The zero-order chi connectivity index (χ0) is 7.84. The van der Waals surface area contributed by atoms with E-state index in [1.807, 2.05) is 0 Å². The Bertz CT molecular complexity index is 305. The summed E-state index contributed by atoms with van der Waals surface area (Å²) >= 11 is 0.519. The van der Waals surface area contributed by atoms with Crippen LogP contribution in [0.2, 0.25) is 0 Å². The Hall–Kier alpha value is -1.23. The highest BCUT2D eigenvalue weighted by atomic mass is 32.2. The zero-order valence-corrected chi connectivity index (χ0v) is 6.22. The van der Waals surface area contributed by atoms with E-state index in [0.29, 0.717) is 22.2 Å². The van der Waals surface area contributed by atoms with E-state index in [2.05, 4.69) is 10.3 Å². The van der Waals surface area contributed by atoms with Crippen molar-refractivity contribution in [3.63, 3.8) is 0 Å². The minimum absolute atomic E-state index is 0.0769. The van der Waals surface area contributed by atoms with Crippen molar-refractivity contribution in [1.29, 1.82) is 0 Å². The molecule has 0 atom stereocenters. The number of fused-ring (bicyclic) bond motifs is 1. The van der Waals surface area contributed by atoms with Gasteiger partial charge in [0.05, 0.1) is 10.5 Å². The maximum atomic E-state index is 10.9. The Labute approximate surface area is 66.2 Å². The fraction of sp³-hybridized carbons (Fsp3) is 0. The van der Waals surface area contributed by atoms with Gasteiger partial charge in [-0.15, -0.1) is 11.8 Å². The molecular formula is C6H4NO3S. The Morgan fingerprint density at radius 2 is 2.27 bits per heavy atom. The summed E-state index contributed by atoms with van der Waals surface area (Å²) in [5, 5.41) is -0.0769. The number of thiol groups is 1. The van der Waals surface area contributed by atoms with Gasteiger partial charge in [0.15, 0.2) is 0 Å². The normalized spacial score (nSPS) is 21.5. The monoisotopic (exact) mass is 170 g/mol. The molecule has 2 heterocycles. The van der Waals surface area contributed by atoms with Crippen LogP contribution in [0.15, 0.2) is 22.8 Å². The topological polar surface area (TPSA) is 55.4 Å². The lowest BCUT2D eigenvalue weighted by Gasteiger charge is -2.10. The third kappa shape index (κ3) is 0.932. The summed E-state index contributed by atoms with van der Waals surface area (Å²) in [5.41, 5.74) is 2.55. The molecule has 0 saturated carbocycles. The van der Waals surface area contributed by atoms with Gasteiger partial charge in [0.2, 0.25) is 5.12 Å². The molecule has 0 bridgehead atoms. The number of nitrogens with one attached hydrogen (secondary N) is 1. The quantitative estimate of drug-likeness (QED) is 0.496. The highest BCUT2D eigenvalue weighted by Gasteiger charge is 2.27. The van der Waals surface area contributed by atoms with E-state index < -0.39 is 0 Å². The van der Waals surface area contributed by atoms with Crippen LogP contribution in [0.4, 0.5) is 0 Å². The third-order valence-corrected chi connectivity index (χ3v) is 2.28. The first kappa shape index (κ1) is 6.48. The van der Waals surface area contributed by atoms with Crippen LogP contribution in [0.1, 0.15) is 0 Å². The van der Waals surface area contributed by atoms with Gasteiger partial charge in [-0.3, -0.25) is 9.59 Å². The molecule has 0 unspecified atom stereocenters. The van der Waals surface area contributed by atoms with Gasteiger partial charge in [-0.1, -0.05) is 0 Å². The molecule has 11 heavy (non-hydrogen) atoms. The lowest BCUT2D eigenvalue weighted by atomic mass is 10.2. The molecule has 0 aliphatic carbocycles. The number of amides is 1. The molecule has 0 fully saturated rings. The first-order valence-electron chi connectivity index (χ1n) is 2.91. The number of hydroxylamine groups is 1. The summed E-state index contributed by atoms with van der Waals surface area (Å²) in [7, 11) is 0. The summed E-state index contributed by atoms with van der Waals surface area (Å²) in [6.45, 7) is 0. The van der Waals surface area contributed by atoms with Crippen LogP contribution in [0.3, 0.4) is 0 Å². The van der Waals surface area contributed by atoms with E-state index >= 15 is 0 Å². The summed E-state index contributed by atoms with van der Waals surface area (Å²) < 4.78 is 0. The van der Waals surface area contributed by atoms with E-state index in [1.54, 1.807) is 0 Å². The van der Waals surface area contributed by atoms with Crippen LogP contribution >= 0.6 is 11.8 Å². The van der Waals surface area contributed by atoms with Crippen LogP contribution in [0.5, 0.6) is 0 Å². The summed E-state index contributed by atoms with van der Waals surface area (Å²) in [4.78, 5) is 26.9. The van der Waals surface area contributed by atoms with E-state index in [9.17, 15) is 9.59 Å². The lowest BCUT2D eigenvalue weighted by Crippen LogP contribution is -2.26. The lowest BCUT2D eigenvalue weighted by molar-refractivity contribution is -0.126. The molecule has 0 aromatic carbocycles. The predicted octanol–water partition coefficient (Wildman–Crippen LogP) is -0.179. The van der Waals surface area contributed by atoms with Gasteiger partial charge in [0.25, 0.3) is 5.91 Å². The molecule has 0 aromatic rings. The first-order valence-corrected chi connectivity index (χ1v) is 3.81. The van der Waals surface area contributed by atoms with Crippen LogP contribution in [-0.2, 0) is 14.4 Å². The third-order valence-electron chi connectivity index (χ3n) is 1.34. The fourth-order valence-electron chi connectivity index (χ4n) is 0.874. The predicted molar refractivity (Wildman–Crippen MR) is 39.4 cm³/mol. The molecular weight excluding hydrogens is 166 g/mol. The minimum Gasteiger partial charge on any atom is -0.386 e. The van der Waals surface area contributed by atoms with Gasteiger partial charge in [-0.25, -0.2) is 0 Å². The number of carbonyl (C=O) groups excluding carboxylic acids is 2. The second-order valence-corrected chi connectivity index (χ2v) is 3.21. The molecule has 0 aromatic heterocycles. The standard InChI is InChI=1S/C6H4NO3S/c8-5-1-3-4(11-5)2-10-7-6(3)9/h1-2,11H,(H,7,9). The smallest absolute Gasteiger partial charge is 0.285 e. The van der Waals surface area contributed by atoms with Crippen LogP contribution in [-0.4, -0.2) is 11.0 Å². The molecule has 0 saturated heterocycles.